The number of ether oxygens (including phenoxy) is 1. The summed E-state index contributed by atoms with van der Waals surface area (Å²) in [6.07, 6.45) is 1.18. The molecule has 0 spiro atoms. The van der Waals surface area contributed by atoms with Gasteiger partial charge in [-0.3, -0.25) is 0 Å². The molecular formula is C9H11FN2O. The van der Waals surface area contributed by atoms with Crippen LogP contribution >= 0.6 is 0 Å². The highest BCUT2D eigenvalue weighted by Gasteiger charge is 2.16. The third-order valence-corrected chi connectivity index (χ3v) is 2.10. The maximum atomic E-state index is 12.9. The lowest BCUT2D eigenvalue weighted by Crippen LogP contribution is -2.20. The highest BCUT2D eigenvalue weighted by Crippen LogP contribution is 2.24. The third-order valence-electron chi connectivity index (χ3n) is 2.10. The Bertz CT molecular complexity index is 316. The Morgan fingerprint density at radius 3 is 3.38 bits per heavy atom. The quantitative estimate of drug-likeness (QED) is 0.656. The van der Waals surface area contributed by atoms with Crippen molar-refractivity contribution < 1.29 is 9.13 Å². The zero-order chi connectivity index (χ0) is 9.26. The minimum atomic E-state index is -0.321. The van der Waals surface area contributed by atoms with Gasteiger partial charge < -0.3 is 10.1 Å². The van der Waals surface area contributed by atoms with Crippen LogP contribution < -0.4 is 10.1 Å². The summed E-state index contributed by atoms with van der Waals surface area (Å²) in [6.45, 7) is 3.31. The largest absolute Gasteiger partial charge is 0.476 e. The van der Waals surface area contributed by atoms with Crippen LogP contribution in [0.2, 0.25) is 0 Å². The van der Waals surface area contributed by atoms with Crippen molar-refractivity contribution >= 4 is 0 Å². The third kappa shape index (κ3) is 1.62. The molecule has 1 aromatic heterocycles. The molecule has 1 aromatic rings. The van der Waals surface area contributed by atoms with Gasteiger partial charge in [-0.25, -0.2) is 9.37 Å². The summed E-state index contributed by atoms with van der Waals surface area (Å²) in [5.74, 6) is 0.219. The minimum Gasteiger partial charge on any atom is -0.476 e. The van der Waals surface area contributed by atoms with Gasteiger partial charge in [-0.1, -0.05) is 0 Å². The van der Waals surface area contributed by atoms with Crippen LogP contribution in [0.3, 0.4) is 0 Å². The zero-order valence-electron chi connectivity index (χ0n) is 7.38. The van der Waals surface area contributed by atoms with Crippen LogP contribution in [0.15, 0.2) is 12.3 Å². The van der Waals surface area contributed by atoms with Gasteiger partial charge in [0.2, 0.25) is 5.88 Å². The fourth-order valence-electron chi connectivity index (χ4n) is 1.41. The van der Waals surface area contributed by atoms with E-state index in [9.17, 15) is 4.39 Å². The Labute approximate surface area is 75.9 Å². The van der Waals surface area contributed by atoms with Gasteiger partial charge in [-0.05, 0) is 13.0 Å². The van der Waals surface area contributed by atoms with E-state index < -0.39 is 0 Å². The van der Waals surface area contributed by atoms with E-state index in [0.717, 1.165) is 12.1 Å². The Hall–Kier alpha value is -1.16. The van der Waals surface area contributed by atoms with Gasteiger partial charge in [-0.15, -0.1) is 0 Å². The van der Waals surface area contributed by atoms with E-state index in [2.05, 4.69) is 10.3 Å². The summed E-state index contributed by atoms with van der Waals surface area (Å²) in [5, 5.41) is 3.20. The molecular weight excluding hydrogens is 171 g/mol. The molecule has 4 heteroatoms. The van der Waals surface area contributed by atoms with E-state index in [-0.39, 0.29) is 11.9 Å². The lowest BCUT2D eigenvalue weighted by Gasteiger charge is -2.10. The molecule has 0 radical (unpaired) electrons. The lowest BCUT2D eigenvalue weighted by atomic mass is 10.1. The molecule has 0 aliphatic carbocycles. The van der Waals surface area contributed by atoms with E-state index in [4.69, 9.17) is 4.74 Å². The fourth-order valence-corrected chi connectivity index (χ4v) is 1.41. The summed E-state index contributed by atoms with van der Waals surface area (Å²) in [5.41, 5.74) is 0.789. The maximum absolute atomic E-state index is 12.9. The maximum Gasteiger partial charge on any atom is 0.218 e. The van der Waals surface area contributed by atoms with Crippen molar-refractivity contribution in [1.82, 2.24) is 10.3 Å². The molecule has 0 amide bonds. The van der Waals surface area contributed by atoms with Crippen molar-refractivity contribution in [2.45, 2.75) is 13.0 Å². The van der Waals surface area contributed by atoms with Crippen LogP contribution in [0, 0.1) is 5.82 Å². The summed E-state index contributed by atoms with van der Waals surface area (Å²) in [7, 11) is 0. The molecule has 70 valence electrons. The second kappa shape index (κ2) is 3.30. The molecule has 0 fully saturated rings. The Morgan fingerprint density at radius 1 is 1.69 bits per heavy atom. The van der Waals surface area contributed by atoms with Gasteiger partial charge in [0.25, 0.3) is 0 Å². The van der Waals surface area contributed by atoms with Crippen molar-refractivity contribution in [3.05, 3.63) is 23.6 Å². The SMILES string of the molecule is C[C@@H]1NCCOc2ncc(F)cc21. The van der Waals surface area contributed by atoms with E-state index in [1.807, 2.05) is 6.92 Å². The van der Waals surface area contributed by atoms with Crippen molar-refractivity contribution in [2.75, 3.05) is 13.2 Å². The molecule has 0 saturated heterocycles. The van der Waals surface area contributed by atoms with Crippen LogP contribution in [0.5, 0.6) is 5.88 Å². The molecule has 1 aliphatic heterocycles. The molecule has 0 aromatic carbocycles. The van der Waals surface area contributed by atoms with E-state index in [1.165, 1.54) is 12.3 Å². The van der Waals surface area contributed by atoms with Crippen LogP contribution in [0.4, 0.5) is 4.39 Å². The molecule has 1 atom stereocenters. The summed E-state index contributed by atoms with van der Waals surface area (Å²) in [4.78, 5) is 3.89. The van der Waals surface area contributed by atoms with E-state index in [1.54, 1.807) is 0 Å². The zero-order valence-corrected chi connectivity index (χ0v) is 7.38. The molecule has 3 nitrogen and oxygen atoms in total. The number of hydrogen-bond acceptors (Lipinski definition) is 3. The first-order chi connectivity index (χ1) is 6.27. The summed E-state index contributed by atoms with van der Waals surface area (Å²) < 4.78 is 18.2. The monoisotopic (exact) mass is 182 g/mol. The summed E-state index contributed by atoms with van der Waals surface area (Å²) in [6, 6.07) is 1.56. The van der Waals surface area contributed by atoms with E-state index in [0.29, 0.717) is 12.5 Å². The van der Waals surface area contributed by atoms with Gasteiger partial charge >= 0.3 is 0 Å². The number of pyridine rings is 1. The predicted molar refractivity (Wildman–Crippen MR) is 46.1 cm³/mol. The van der Waals surface area contributed by atoms with Crippen LogP contribution in [0.25, 0.3) is 0 Å². The van der Waals surface area contributed by atoms with Crippen LogP contribution in [-0.2, 0) is 0 Å². The molecule has 1 aliphatic rings. The Morgan fingerprint density at radius 2 is 2.54 bits per heavy atom. The number of halogens is 1. The fraction of sp³-hybridized carbons (Fsp3) is 0.444. The second-order valence-electron chi connectivity index (χ2n) is 3.07. The first-order valence-electron chi connectivity index (χ1n) is 4.29. The summed E-state index contributed by atoms with van der Waals surface area (Å²) >= 11 is 0. The highest BCUT2D eigenvalue weighted by molar-refractivity contribution is 5.29. The molecule has 0 saturated carbocycles. The van der Waals surface area contributed by atoms with Gasteiger partial charge in [0.1, 0.15) is 12.4 Å². The predicted octanol–water partition coefficient (Wildman–Crippen LogP) is 1.26. The Kier molecular flexibility index (Phi) is 2.14. The van der Waals surface area contributed by atoms with Gasteiger partial charge in [0.05, 0.1) is 6.20 Å². The van der Waals surface area contributed by atoms with Crippen LogP contribution in [0.1, 0.15) is 18.5 Å². The van der Waals surface area contributed by atoms with Crippen molar-refractivity contribution in [2.24, 2.45) is 0 Å². The molecule has 13 heavy (non-hydrogen) atoms. The number of nitrogens with one attached hydrogen (secondary N) is 1. The molecule has 1 N–H and O–H groups in total. The minimum absolute atomic E-state index is 0.0979. The smallest absolute Gasteiger partial charge is 0.218 e. The van der Waals surface area contributed by atoms with Gasteiger partial charge in [0.15, 0.2) is 0 Å². The standard InChI is InChI=1S/C9H11FN2O/c1-6-8-4-7(10)5-12-9(8)13-3-2-11-6/h4-6,11H,2-3H2,1H3/t6-/m0/s1. The molecule has 2 rings (SSSR count). The number of nitrogens with zero attached hydrogens (tertiary/aromatic N) is 1. The first-order valence-corrected chi connectivity index (χ1v) is 4.29. The van der Waals surface area contributed by atoms with Crippen LogP contribution in [-0.4, -0.2) is 18.1 Å². The second-order valence-corrected chi connectivity index (χ2v) is 3.07. The molecule has 0 bridgehead atoms. The lowest BCUT2D eigenvalue weighted by molar-refractivity contribution is 0.312. The molecule has 2 heterocycles. The molecule has 0 unspecified atom stereocenters. The normalized spacial score (nSPS) is 21.5. The average Bonchev–Trinajstić information content (AvgIpc) is 2.29. The topological polar surface area (TPSA) is 34.1 Å². The van der Waals surface area contributed by atoms with Gasteiger partial charge in [-0.2, -0.15) is 0 Å². The van der Waals surface area contributed by atoms with Gasteiger partial charge in [0, 0.05) is 18.2 Å². The van der Waals surface area contributed by atoms with Crippen molar-refractivity contribution in [1.29, 1.82) is 0 Å². The van der Waals surface area contributed by atoms with Crippen molar-refractivity contribution in [3.63, 3.8) is 0 Å². The number of aromatic nitrogens is 1. The average molecular weight is 182 g/mol. The number of hydrogen-bond donors (Lipinski definition) is 1. The first kappa shape index (κ1) is 8.44. The Balaban J connectivity index is 2.43. The number of fused-ring (bicyclic) bond motifs is 1. The highest BCUT2D eigenvalue weighted by atomic mass is 19.1. The van der Waals surface area contributed by atoms with E-state index >= 15 is 0 Å². The van der Waals surface area contributed by atoms with Crippen molar-refractivity contribution in [3.8, 4) is 5.88 Å². The number of rotatable bonds is 0.